The van der Waals surface area contributed by atoms with Crippen LogP contribution >= 0.6 is 0 Å². The zero-order valence-corrected chi connectivity index (χ0v) is 11.1. The SMILES string of the molecule is CCOC(=O)Nc1ccc(NC(=O)CC#N)cc1[N+](=O)[O-]. The summed E-state index contributed by atoms with van der Waals surface area (Å²) in [5.74, 6) is -0.585. The molecule has 110 valence electrons. The van der Waals surface area contributed by atoms with E-state index in [9.17, 15) is 19.7 Å². The number of rotatable bonds is 5. The minimum absolute atomic E-state index is 0.0586. The first-order valence-electron chi connectivity index (χ1n) is 5.87. The van der Waals surface area contributed by atoms with E-state index in [0.29, 0.717) is 0 Å². The maximum Gasteiger partial charge on any atom is 0.411 e. The lowest BCUT2D eigenvalue weighted by molar-refractivity contribution is -0.383. The van der Waals surface area contributed by atoms with Gasteiger partial charge in [-0.15, -0.1) is 0 Å². The summed E-state index contributed by atoms with van der Waals surface area (Å²) in [6, 6.07) is 5.36. The molecule has 9 heteroatoms. The molecule has 1 aromatic rings. The summed E-state index contributed by atoms with van der Waals surface area (Å²) in [6.45, 7) is 1.73. The van der Waals surface area contributed by atoms with E-state index in [-0.39, 0.29) is 24.4 Å². The average molecular weight is 292 g/mol. The Morgan fingerprint density at radius 1 is 1.43 bits per heavy atom. The summed E-state index contributed by atoms with van der Waals surface area (Å²) in [6.07, 6.45) is -1.18. The van der Waals surface area contributed by atoms with Gasteiger partial charge in [-0.25, -0.2) is 4.79 Å². The van der Waals surface area contributed by atoms with Crippen LogP contribution in [-0.2, 0) is 9.53 Å². The predicted molar refractivity (Wildman–Crippen MR) is 72.6 cm³/mol. The molecule has 2 N–H and O–H groups in total. The molecule has 0 atom stereocenters. The van der Waals surface area contributed by atoms with Crippen molar-refractivity contribution in [3.05, 3.63) is 28.3 Å². The lowest BCUT2D eigenvalue weighted by Crippen LogP contribution is -2.15. The molecule has 0 spiro atoms. The van der Waals surface area contributed by atoms with Crippen molar-refractivity contribution in [2.45, 2.75) is 13.3 Å². The highest BCUT2D eigenvalue weighted by molar-refractivity contribution is 5.94. The van der Waals surface area contributed by atoms with Crippen molar-refractivity contribution in [3.8, 4) is 6.07 Å². The van der Waals surface area contributed by atoms with Gasteiger partial charge in [0.25, 0.3) is 5.69 Å². The predicted octanol–water partition coefficient (Wildman–Crippen LogP) is 2.02. The van der Waals surface area contributed by atoms with Gasteiger partial charge in [0.05, 0.1) is 17.6 Å². The number of nitrogens with zero attached hydrogens (tertiary/aromatic N) is 2. The third-order valence-electron chi connectivity index (χ3n) is 2.23. The van der Waals surface area contributed by atoms with E-state index in [2.05, 4.69) is 15.4 Å². The molecule has 0 aliphatic carbocycles. The smallest absolute Gasteiger partial charge is 0.411 e. The number of nitro groups is 1. The van der Waals surface area contributed by atoms with Crippen molar-refractivity contribution in [3.63, 3.8) is 0 Å². The minimum atomic E-state index is -0.818. The maximum atomic E-state index is 11.3. The van der Waals surface area contributed by atoms with Gasteiger partial charge in [0.2, 0.25) is 5.91 Å². The molecule has 0 unspecified atom stereocenters. The fourth-order valence-corrected chi connectivity index (χ4v) is 1.42. The second kappa shape index (κ2) is 7.44. The molecule has 9 nitrogen and oxygen atoms in total. The van der Waals surface area contributed by atoms with Crippen LogP contribution in [0.5, 0.6) is 0 Å². The molecule has 0 heterocycles. The molecule has 21 heavy (non-hydrogen) atoms. The first-order chi connectivity index (χ1) is 9.97. The van der Waals surface area contributed by atoms with Gasteiger partial charge >= 0.3 is 6.09 Å². The van der Waals surface area contributed by atoms with Crippen LogP contribution in [0.1, 0.15) is 13.3 Å². The lowest BCUT2D eigenvalue weighted by atomic mass is 10.2. The summed E-state index contributed by atoms with van der Waals surface area (Å²) in [7, 11) is 0. The van der Waals surface area contributed by atoms with Gasteiger partial charge in [-0.3, -0.25) is 20.2 Å². The van der Waals surface area contributed by atoms with Crippen molar-refractivity contribution >= 4 is 29.1 Å². The highest BCUT2D eigenvalue weighted by atomic mass is 16.6. The number of hydrogen-bond donors (Lipinski definition) is 2. The summed E-state index contributed by atoms with van der Waals surface area (Å²) in [5.41, 5.74) is -0.314. The van der Waals surface area contributed by atoms with Gasteiger partial charge in [0.1, 0.15) is 12.1 Å². The van der Waals surface area contributed by atoms with E-state index in [1.807, 2.05) is 0 Å². The molecule has 1 rings (SSSR count). The highest BCUT2D eigenvalue weighted by Gasteiger charge is 2.17. The van der Waals surface area contributed by atoms with Crippen LogP contribution in [0.25, 0.3) is 0 Å². The fourth-order valence-electron chi connectivity index (χ4n) is 1.42. The molecule has 2 amide bonds. The number of nitro benzene ring substituents is 1. The Kier molecular flexibility index (Phi) is 5.64. The van der Waals surface area contributed by atoms with Crippen molar-refractivity contribution in [1.29, 1.82) is 5.26 Å². The third kappa shape index (κ3) is 4.79. The first-order valence-corrected chi connectivity index (χ1v) is 5.87. The van der Waals surface area contributed by atoms with E-state index < -0.39 is 22.6 Å². The summed E-state index contributed by atoms with van der Waals surface area (Å²) in [4.78, 5) is 32.8. The molecule has 0 fully saturated rings. The standard InChI is InChI=1S/C12H12N4O5/c1-2-21-12(18)15-9-4-3-8(7-10(9)16(19)20)14-11(17)5-6-13/h3-4,7H,2,5H2,1H3,(H,14,17)(H,15,18). The van der Waals surface area contributed by atoms with Crippen LogP contribution < -0.4 is 10.6 Å². The zero-order chi connectivity index (χ0) is 15.8. The van der Waals surface area contributed by atoms with Crippen LogP contribution in [0.15, 0.2) is 18.2 Å². The van der Waals surface area contributed by atoms with E-state index in [0.717, 1.165) is 6.07 Å². The normalized spacial score (nSPS) is 9.33. The van der Waals surface area contributed by atoms with Gasteiger partial charge in [-0.1, -0.05) is 0 Å². The monoisotopic (exact) mass is 292 g/mol. The van der Waals surface area contributed by atoms with Crippen LogP contribution in [-0.4, -0.2) is 23.5 Å². The highest BCUT2D eigenvalue weighted by Crippen LogP contribution is 2.28. The van der Waals surface area contributed by atoms with Gasteiger partial charge < -0.3 is 10.1 Å². The van der Waals surface area contributed by atoms with E-state index in [1.54, 1.807) is 13.0 Å². The molecule has 0 saturated carbocycles. The van der Waals surface area contributed by atoms with Crippen molar-refractivity contribution in [1.82, 2.24) is 0 Å². The summed E-state index contributed by atoms with van der Waals surface area (Å²) >= 11 is 0. The average Bonchev–Trinajstić information content (AvgIpc) is 2.40. The Morgan fingerprint density at radius 2 is 2.14 bits per heavy atom. The Labute approximate surface area is 119 Å². The largest absolute Gasteiger partial charge is 0.450 e. The van der Waals surface area contributed by atoms with Gasteiger partial charge in [-0.2, -0.15) is 5.26 Å². The number of carbonyl (C=O) groups excluding carboxylic acids is 2. The molecule has 0 saturated heterocycles. The van der Waals surface area contributed by atoms with Crippen molar-refractivity contribution in [2.75, 3.05) is 17.2 Å². The van der Waals surface area contributed by atoms with Gasteiger partial charge in [-0.05, 0) is 19.1 Å². The number of carbonyl (C=O) groups is 2. The second-order valence-electron chi connectivity index (χ2n) is 3.72. The molecule has 0 bridgehead atoms. The maximum absolute atomic E-state index is 11.3. The molecule has 0 aliphatic rings. The number of ether oxygens (including phenoxy) is 1. The third-order valence-corrected chi connectivity index (χ3v) is 2.23. The van der Waals surface area contributed by atoms with Crippen molar-refractivity contribution in [2.24, 2.45) is 0 Å². The number of nitriles is 1. The molecular weight excluding hydrogens is 280 g/mol. The number of nitrogens with one attached hydrogen (secondary N) is 2. The Hall–Kier alpha value is -3.15. The van der Waals surface area contributed by atoms with Crippen LogP contribution in [0.4, 0.5) is 21.9 Å². The number of amides is 2. The number of anilines is 2. The van der Waals surface area contributed by atoms with Crippen LogP contribution in [0.3, 0.4) is 0 Å². The van der Waals surface area contributed by atoms with Crippen molar-refractivity contribution < 1.29 is 19.2 Å². The number of hydrogen-bond acceptors (Lipinski definition) is 6. The topological polar surface area (TPSA) is 134 Å². The molecular formula is C12H12N4O5. The number of benzene rings is 1. The Morgan fingerprint density at radius 3 is 2.71 bits per heavy atom. The molecule has 0 aliphatic heterocycles. The summed E-state index contributed by atoms with van der Waals surface area (Å²) < 4.78 is 4.63. The molecule has 1 aromatic carbocycles. The second-order valence-corrected chi connectivity index (χ2v) is 3.72. The lowest BCUT2D eigenvalue weighted by Gasteiger charge is -2.08. The quantitative estimate of drug-likeness (QED) is 0.629. The minimum Gasteiger partial charge on any atom is -0.450 e. The Bertz CT molecular complexity index is 608. The fraction of sp³-hybridized carbons (Fsp3) is 0.250. The van der Waals surface area contributed by atoms with Gasteiger partial charge in [0, 0.05) is 11.8 Å². The van der Waals surface area contributed by atoms with Crippen LogP contribution in [0.2, 0.25) is 0 Å². The molecule has 0 aromatic heterocycles. The van der Waals surface area contributed by atoms with E-state index in [4.69, 9.17) is 5.26 Å². The first kappa shape index (κ1) is 15.9. The zero-order valence-electron chi connectivity index (χ0n) is 11.1. The summed E-state index contributed by atoms with van der Waals surface area (Å²) in [5, 5.41) is 23.9. The van der Waals surface area contributed by atoms with Crippen LogP contribution in [0, 0.1) is 21.4 Å². The Balaban J connectivity index is 2.97. The van der Waals surface area contributed by atoms with E-state index >= 15 is 0 Å². The van der Waals surface area contributed by atoms with Gasteiger partial charge in [0.15, 0.2) is 0 Å². The molecule has 0 radical (unpaired) electrons. The van der Waals surface area contributed by atoms with E-state index in [1.165, 1.54) is 12.1 Å².